The monoisotopic (exact) mass is 223 g/mol. The average Bonchev–Trinajstić information content (AvgIpc) is 2.84. The first-order chi connectivity index (χ1) is 7.66. The van der Waals surface area contributed by atoms with Crippen LogP contribution in [0.4, 0.5) is 0 Å². The van der Waals surface area contributed by atoms with E-state index in [0.717, 1.165) is 25.9 Å². The van der Waals surface area contributed by atoms with Crippen molar-refractivity contribution in [2.75, 3.05) is 13.1 Å². The molecule has 2 heterocycles. The van der Waals surface area contributed by atoms with E-state index in [-0.39, 0.29) is 12.5 Å². The second-order valence-corrected chi connectivity index (χ2v) is 3.82. The van der Waals surface area contributed by atoms with Gasteiger partial charge in [0, 0.05) is 19.3 Å². The predicted molar refractivity (Wildman–Crippen MR) is 55.0 cm³/mol. The Morgan fingerprint density at radius 1 is 1.38 bits per heavy atom. The molecule has 1 saturated heterocycles. The van der Waals surface area contributed by atoms with Crippen molar-refractivity contribution in [3.05, 3.63) is 18.0 Å². The lowest BCUT2D eigenvalue weighted by Crippen LogP contribution is -2.27. The molecule has 2 rings (SSSR count). The summed E-state index contributed by atoms with van der Waals surface area (Å²) in [6.07, 6.45) is 4.97. The molecule has 0 aliphatic carbocycles. The Hall–Kier alpha value is -1.85. The third-order valence-electron chi connectivity index (χ3n) is 2.57. The number of hydrogen-bond acceptors (Lipinski definition) is 3. The normalized spacial score (nSPS) is 15.4. The molecule has 0 saturated carbocycles. The Morgan fingerprint density at radius 3 is 2.69 bits per heavy atom. The Labute approximate surface area is 92.5 Å². The number of carbonyl (C=O) groups is 2. The molecule has 6 heteroatoms. The van der Waals surface area contributed by atoms with E-state index in [1.165, 1.54) is 17.1 Å². The van der Waals surface area contributed by atoms with E-state index in [1.54, 1.807) is 4.90 Å². The zero-order valence-electron chi connectivity index (χ0n) is 8.80. The fourth-order valence-corrected chi connectivity index (χ4v) is 1.80. The number of carboxylic acids is 1. The molecule has 1 amide bonds. The maximum absolute atomic E-state index is 11.9. The highest BCUT2D eigenvalue weighted by Crippen LogP contribution is 2.12. The highest BCUT2D eigenvalue weighted by Gasteiger charge is 2.20. The van der Waals surface area contributed by atoms with Crippen LogP contribution >= 0.6 is 0 Å². The van der Waals surface area contributed by atoms with Gasteiger partial charge >= 0.3 is 5.97 Å². The fraction of sp³-hybridized carbons (Fsp3) is 0.500. The molecule has 16 heavy (non-hydrogen) atoms. The van der Waals surface area contributed by atoms with Gasteiger partial charge in [-0.15, -0.1) is 0 Å². The van der Waals surface area contributed by atoms with Crippen molar-refractivity contribution in [3.63, 3.8) is 0 Å². The highest BCUT2D eigenvalue weighted by atomic mass is 16.4. The average molecular weight is 223 g/mol. The van der Waals surface area contributed by atoms with Crippen LogP contribution in [-0.2, 0) is 11.3 Å². The molecule has 6 nitrogen and oxygen atoms in total. The molecular weight excluding hydrogens is 210 g/mol. The van der Waals surface area contributed by atoms with Gasteiger partial charge in [-0.2, -0.15) is 5.10 Å². The number of rotatable bonds is 3. The number of carboxylic acid groups (broad SMARTS) is 1. The molecule has 1 aliphatic rings. The predicted octanol–water partition coefficient (Wildman–Crippen LogP) is 0.204. The first kappa shape index (κ1) is 10.7. The summed E-state index contributed by atoms with van der Waals surface area (Å²) in [6, 6.07) is 0. The van der Waals surface area contributed by atoms with Gasteiger partial charge in [-0.05, 0) is 12.8 Å². The third kappa shape index (κ3) is 2.21. The second kappa shape index (κ2) is 4.34. The van der Waals surface area contributed by atoms with Gasteiger partial charge in [-0.3, -0.25) is 14.3 Å². The van der Waals surface area contributed by atoms with Crippen LogP contribution in [-0.4, -0.2) is 44.8 Å². The van der Waals surface area contributed by atoms with Gasteiger partial charge in [-0.25, -0.2) is 0 Å². The molecule has 0 aromatic carbocycles. The van der Waals surface area contributed by atoms with Crippen LogP contribution in [0.2, 0.25) is 0 Å². The molecule has 0 spiro atoms. The molecule has 1 N–H and O–H groups in total. The van der Waals surface area contributed by atoms with Crippen LogP contribution in [0.15, 0.2) is 12.4 Å². The first-order valence-corrected chi connectivity index (χ1v) is 5.20. The van der Waals surface area contributed by atoms with Crippen LogP contribution in [0.5, 0.6) is 0 Å². The second-order valence-electron chi connectivity index (χ2n) is 3.82. The summed E-state index contributed by atoms with van der Waals surface area (Å²) in [6.45, 7) is 1.35. The fourth-order valence-electron chi connectivity index (χ4n) is 1.80. The molecular formula is C10H13N3O3. The van der Waals surface area contributed by atoms with Gasteiger partial charge < -0.3 is 10.0 Å². The van der Waals surface area contributed by atoms with E-state index in [9.17, 15) is 9.59 Å². The van der Waals surface area contributed by atoms with Gasteiger partial charge in [0.05, 0.1) is 11.8 Å². The summed E-state index contributed by atoms with van der Waals surface area (Å²) < 4.78 is 1.26. The van der Waals surface area contributed by atoms with Crippen LogP contribution in [0.25, 0.3) is 0 Å². The van der Waals surface area contributed by atoms with E-state index < -0.39 is 5.97 Å². The van der Waals surface area contributed by atoms with Gasteiger partial charge in [0.1, 0.15) is 6.54 Å². The zero-order valence-corrected chi connectivity index (χ0v) is 8.80. The number of nitrogens with zero attached hydrogens (tertiary/aromatic N) is 3. The molecule has 0 unspecified atom stereocenters. The Morgan fingerprint density at radius 2 is 2.06 bits per heavy atom. The number of carbonyl (C=O) groups excluding carboxylic acids is 1. The molecule has 1 aliphatic heterocycles. The Balaban J connectivity index is 2.05. The van der Waals surface area contributed by atoms with Crippen molar-refractivity contribution in [2.45, 2.75) is 19.4 Å². The molecule has 0 bridgehead atoms. The van der Waals surface area contributed by atoms with Gasteiger partial charge in [0.15, 0.2) is 0 Å². The highest BCUT2D eigenvalue weighted by molar-refractivity contribution is 5.93. The third-order valence-corrected chi connectivity index (χ3v) is 2.57. The summed E-state index contributed by atoms with van der Waals surface area (Å²) in [5.74, 6) is -1.03. The number of hydrogen-bond donors (Lipinski definition) is 1. The van der Waals surface area contributed by atoms with E-state index in [1.807, 2.05) is 0 Å². The van der Waals surface area contributed by atoms with Gasteiger partial charge in [0.25, 0.3) is 5.91 Å². The standard InChI is InChI=1S/C10H13N3O3/c14-9(15)7-13-6-8(5-11-13)10(16)12-3-1-2-4-12/h5-6H,1-4,7H2,(H,14,15). The van der Waals surface area contributed by atoms with E-state index in [4.69, 9.17) is 5.11 Å². The molecule has 1 aromatic heterocycles. The van der Waals surface area contributed by atoms with E-state index in [2.05, 4.69) is 5.10 Å². The minimum atomic E-state index is -0.969. The van der Waals surface area contributed by atoms with Crippen molar-refractivity contribution in [1.29, 1.82) is 0 Å². The summed E-state index contributed by atoms with van der Waals surface area (Å²) in [7, 11) is 0. The first-order valence-electron chi connectivity index (χ1n) is 5.20. The smallest absolute Gasteiger partial charge is 0.325 e. The molecule has 1 aromatic rings. The molecule has 0 radical (unpaired) electrons. The Kier molecular flexibility index (Phi) is 2.89. The number of amides is 1. The summed E-state index contributed by atoms with van der Waals surface area (Å²) in [5.41, 5.74) is 0.461. The lowest BCUT2D eigenvalue weighted by Gasteiger charge is -2.13. The summed E-state index contributed by atoms with van der Waals surface area (Å²) in [5, 5.41) is 12.4. The van der Waals surface area contributed by atoms with Crippen molar-refractivity contribution >= 4 is 11.9 Å². The minimum absolute atomic E-state index is 0.0610. The van der Waals surface area contributed by atoms with Crippen molar-refractivity contribution in [3.8, 4) is 0 Å². The van der Waals surface area contributed by atoms with Crippen molar-refractivity contribution < 1.29 is 14.7 Å². The quantitative estimate of drug-likeness (QED) is 0.794. The van der Waals surface area contributed by atoms with Crippen LogP contribution in [0, 0.1) is 0 Å². The SMILES string of the molecule is O=C(O)Cn1cc(C(=O)N2CCCC2)cn1. The lowest BCUT2D eigenvalue weighted by atomic mass is 10.3. The van der Waals surface area contributed by atoms with E-state index in [0.29, 0.717) is 5.56 Å². The van der Waals surface area contributed by atoms with Gasteiger partial charge in [-0.1, -0.05) is 0 Å². The maximum atomic E-state index is 11.9. The maximum Gasteiger partial charge on any atom is 0.325 e. The van der Waals surface area contributed by atoms with Gasteiger partial charge in [0.2, 0.25) is 0 Å². The van der Waals surface area contributed by atoms with Crippen LogP contribution in [0.1, 0.15) is 23.2 Å². The number of aromatic nitrogens is 2. The van der Waals surface area contributed by atoms with Crippen LogP contribution in [0.3, 0.4) is 0 Å². The lowest BCUT2D eigenvalue weighted by molar-refractivity contribution is -0.137. The number of likely N-dealkylation sites (tertiary alicyclic amines) is 1. The molecule has 1 fully saturated rings. The molecule has 0 atom stereocenters. The minimum Gasteiger partial charge on any atom is -0.480 e. The zero-order chi connectivity index (χ0) is 11.5. The summed E-state index contributed by atoms with van der Waals surface area (Å²) >= 11 is 0. The number of aliphatic carboxylic acids is 1. The largest absolute Gasteiger partial charge is 0.480 e. The van der Waals surface area contributed by atoms with E-state index >= 15 is 0 Å². The van der Waals surface area contributed by atoms with Crippen molar-refractivity contribution in [2.24, 2.45) is 0 Å². The van der Waals surface area contributed by atoms with Crippen LogP contribution < -0.4 is 0 Å². The Bertz CT molecular complexity index is 407. The topological polar surface area (TPSA) is 75.4 Å². The van der Waals surface area contributed by atoms with Crippen molar-refractivity contribution in [1.82, 2.24) is 14.7 Å². The molecule has 86 valence electrons. The summed E-state index contributed by atoms with van der Waals surface area (Å²) in [4.78, 5) is 24.1.